The molecule has 1 aromatic carbocycles. The molecule has 4 atom stereocenters. The maximum absolute atomic E-state index is 11.2. The molecule has 1 fully saturated rings. The molecular weight excluding hydrogens is 260 g/mol. The van der Waals surface area contributed by atoms with Gasteiger partial charge in [0, 0.05) is 12.5 Å². The predicted octanol–water partition coefficient (Wildman–Crippen LogP) is 1.94. The third-order valence-corrected chi connectivity index (χ3v) is 3.28. The van der Waals surface area contributed by atoms with Crippen molar-refractivity contribution in [3.63, 3.8) is 0 Å². The third kappa shape index (κ3) is 2.69. The highest BCUT2D eigenvalue weighted by molar-refractivity contribution is 5.66. The van der Waals surface area contributed by atoms with E-state index in [4.69, 9.17) is 18.9 Å². The van der Waals surface area contributed by atoms with Crippen molar-refractivity contribution in [1.82, 2.24) is 0 Å². The molecule has 5 heteroatoms. The lowest BCUT2D eigenvalue weighted by atomic mass is 10.0. The maximum atomic E-state index is 11.2. The topological polar surface area (TPSA) is 54.0 Å². The Bertz CT molecular complexity index is 498. The number of rotatable bonds is 2. The van der Waals surface area contributed by atoms with Crippen molar-refractivity contribution in [2.24, 2.45) is 0 Å². The van der Waals surface area contributed by atoms with E-state index in [1.54, 1.807) is 6.08 Å². The lowest BCUT2D eigenvalue weighted by Gasteiger charge is -2.40. The minimum Gasteiger partial charge on any atom is -0.493 e. The van der Waals surface area contributed by atoms with E-state index >= 15 is 0 Å². The van der Waals surface area contributed by atoms with Gasteiger partial charge in [0.05, 0.1) is 12.9 Å². The molecule has 1 aromatic rings. The van der Waals surface area contributed by atoms with Crippen molar-refractivity contribution < 1.29 is 23.7 Å². The minimum absolute atomic E-state index is 0.260. The van der Waals surface area contributed by atoms with Gasteiger partial charge in [-0.05, 0) is 6.08 Å². The van der Waals surface area contributed by atoms with Gasteiger partial charge in [-0.3, -0.25) is 4.79 Å². The first-order valence-corrected chi connectivity index (χ1v) is 6.55. The van der Waals surface area contributed by atoms with Crippen LogP contribution in [0.1, 0.15) is 18.8 Å². The van der Waals surface area contributed by atoms with Gasteiger partial charge in [-0.15, -0.1) is 0 Å². The number of esters is 1. The Morgan fingerprint density at radius 2 is 2.10 bits per heavy atom. The van der Waals surface area contributed by atoms with E-state index < -0.39 is 12.4 Å². The lowest BCUT2D eigenvalue weighted by molar-refractivity contribution is -0.278. The zero-order valence-electron chi connectivity index (χ0n) is 11.1. The minimum atomic E-state index is -0.467. The van der Waals surface area contributed by atoms with Crippen LogP contribution in [0.2, 0.25) is 0 Å². The summed E-state index contributed by atoms with van der Waals surface area (Å²) < 4.78 is 22.3. The summed E-state index contributed by atoms with van der Waals surface area (Å²) in [5, 5.41) is 0. The smallest absolute Gasteiger partial charge is 0.303 e. The van der Waals surface area contributed by atoms with E-state index in [-0.39, 0.29) is 18.2 Å². The second kappa shape index (κ2) is 5.64. The summed E-state index contributed by atoms with van der Waals surface area (Å²) in [5.74, 6) is -0.341. The molecule has 2 aliphatic heterocycles. The van der Waals surface area contributed by atoms with Crippen LogP contribution >= 0.6 is 0 Å². The van der Waals surface area contributed by atoms with E-state index in [0.717, 1.165) is 5.56 Å². The van der Waals surface area contributed by atoms with E-state index in [9.17, 15) is 4.79 Å². The van der Waals surface area contributed by atoms with Crippen molar-refractivity contribution in [3.05, 3.63) is 48.2 Å². The summed E-state index contributed by atoms with van der Waals surface area (Å²) >= 11 is 0. The van der Waals surface area contributed by atoms with Crippen molar-refractivity contribution in [3.8, 4) is 0 Å². The second-order valence-electron chi connectivity index (χ2n) is 4.75. The van der Waals surface area contributed by atoms with Gasteiger partial charge in [0.15, 0.2) is 18.5 Å². The van der Waals surface area contributed by atoms with Gasteiger partial charge >= 0.3 is 5.97 Å². The molecule has 3 rings (SSSR count). The highest BCUT2D eigenvalue weighted by Gasteiger charge is 2.41. The van der Waals surface area contributed by atoms with Gasteiger partial charge in [0.2, 0.25) is 0 Å². The van der Waals surface area contributed by atoms with Crippen LogP contribution in [0.15, 0.2) is 42.7 Å². The Hall–Kier alpha value is -1.85. The van der Waals surface area contributed by atoms with Crippen molar-refractivity contribution in [2.45, 2.75) is 31.5 Å². The van der Waals surface area contributed by atoms with E-state index in [1.165, 1.54) is 13.2 Å². The van der Waals surface area contributed by atoms with Crippen LogP contribution in [0.4, 0.5) is 0 Å². The Balaban J connectivity index is 1.76. The monoisotopic (exact) mass is 276 g/mol. The second-order valence-corrected chi connectivity index (χ2v) is 4.75. The van der Waals surface area contributed by atoms with E-state index in [0.29, 0.717) is 6.61 Å². The summed E-state index contributed by atoms with van der Waals surface area (Å²) in [6.07, 6.45) is 1.69. The first-order chi connectivity index (χ1) is 9.74. The fourth-order valence-corrected chi connectivity index (χ4v) is 2.37. The highest BCUT2D eigenvalue weighted by Crippen LogP contribution is 2.32. The number of carbonyl (C=O) groups excluding carboxylic acids is 1. The molecule has 2 aliphatic rings. The van der Waals surface area contributed by atoms with Crippen molar-refractivity contribution in [2.75, 3.05) is 6.61 Å². The molecule has 0 unspecified atom stereocenters. The Morgan fingerprint density at radius 3 is 2.85 bits per heavy atom. The molecular formula is C15H16O5. The van der Waals surface area contributed by atoms with Crippen LogP contribution in [-0.2, 0) is 23.7 Å². The fraction of sp³-hybridized carbons (Fsp3) is 0.400. The molecule has 0 N–H and O–H groups in total. The molecule has 0 radical (unpaired) electrons. The van der Waals surface area contributed by atoms with Crippen molar-refractivity contribution >= 4 is 5.97 Å². The number of hydrogen-bond donors (Lipinski definition) is 0. The summed E-state index contributed by atoms with van der Waals surface area (Å²) in [7, 11) is 0. The largest absolute Gasteiger partial charge is 0.493 e. The normalized spacial score (nSPS) is 32.0. The van der Waals surface area contributed by atoms with E-state index in [2.05, 4.69) is 0 Å². The average molecular weight is 276 g/mol. The molecule has 0 amide bonds. The molecule has 0 bridgehead atoms. The third-order valence-electron chi connectivity index (χ3n) is 3.28. The fourth-order valence-electron chi connectivity index (χ4n) is 2.37. The van der Waals surface area contributed by atoms with Crippen LogP contribution in [0, 0.1) is 0 Å². The Labute approximate surface area is 117 Å². The summed E-state index contributed by atoms with van der Waals surface area (Å²) in [5.41, 5.74) is 0.932. The molecule has 0 saturated carbocycles. The molecule has 0 aliphatic carbocycles. The molecule has 0 spiro atoms. The number of ether oxygens (including phenoxy) is 4. The van der Waals surface area contributed by atoms with Gasteiger partial charge in [0.1, 0.15) is 6.10 Å². The summed E-state index contributed by atoms with van der Waals surface area (Å²) in [4.78, 5) is 11.2. The molecule has 106 valence electrons. The van der Waals surface area contributed by atoms with Gasteiger partial charge in [-0.1, -0.05) is 30.3 Å². The predicted molar refractivity (Wildman–Crippen MR) is 69.6 cm³/mol. The molecule has 2 heterocycles. The number of benzene rings is 1. The van der Waals surface area contributed by atoms with Gasteiger partial charge in [-0.25, -0.2) is 0 Å². The average Bonchev–Trinajstić information content (AvgIpc) is 2.47. The Kier molecular flexibility index (Phi) is 3.71. The van der Waals surface area contributed by atoms with Gasteiger partial charge < -0.3 is 18.9 Å². The van der Waals surface area contributed by atoms with Crippen LogP contribution in [0.25, 0.3) is 0 Å². The zero-order valence-corrected chi connectivity index (χ0v) is 11.1. The molecule has 20 heavy (non-hydrogen) atoms. The number of hydrogen-bond acceptors (Lipinski definition) is 5. The van der Waals surface area contributed by atoms with Gasteiger partial charge in [0.25, 0.3) is 0 Å². The van der Waals surface area contributed by atoms with Crippen LogP contribution in [0.3, 0.4) is 0 Å². The quantitative estimate of drug-likeness (QED) is 0.773. The van der Waals surface area contributed by atoms with Crippen LogP contribution < -0.4 is 0 Å². The first kappa shape index (κ1) is 13.1. The zero-order chi connectivity index (χ0) is 13.9. The number of fused-ring (bicyclic) bond motifs is 1. The standard InChI is InChI=1S/C15H16O5/c1-10(16)19-12-7-8-17-13-9-18-15(20-14(12)13)11-5-3-2-4-6-11/h2-8,12-15H,9H2,1H3/t12-,13+,14-,15+/m0/s1. The Morgan fingerprint density at radius 1 is 1.30 bits per heavy atom. The molecule has 1 saturated heterocycles. The lowest BCUT2D eigenvalue weighted by Crippen LogP contribution is -2.50. The van der Waals surface area contributed by atoms with Crippen LogP contribution in [-0.4, -0.2) is 30.9 Å². The van der Waals surface area contributed by atoms with Crippen molar-refractivity contribution in [1.29, 1.82) is 0 Å². The summed E-state index contributed by atoms with van der Waals surface area (Å²) in [6.45, 7) is 1.78. The van der Waals surface area contributed by atoms with Crippen LogP contribution in [0.5, 0.6) is 0 Å². The SMILES string of the molecule is CC(=O)O[C@H]1C=CO[C@@H]2CO[C@@H](c3ccccc3)O[C@@H]12. The first-order valence-electron chi connectivity index (χ1n) is 6.55. The number of carbonyl (C=O) groups is 1. The summed E-state index contributed by atoms with van der Waals surface area (Å²) in [6, 6.07) is 9.66. The molecule has 5 nitrogen and oxygen atoms in total. The molecule has 0 aromatic heterocycles. The van der Waals surface area contributed by atoms with Gasteiger partial charge in [-0.2, -0.15) is 0 Å². The maximum Gasteiger partial charge on any atom is 0.303 e. The highest BCUT2D eigenvalue weighted by atomic mass is 16.7. The van der Waals surface area contributed by atoms with E-state index in [1.807, 2.05) is 30.3 Å².